The largest absolute Gasteiger partial charge is 0.486 e. The molecule has 0 spiro atoms. The van der Waals surface area contributed by atoms with Crippen LogP contribution in [-0.4, -0.2) is 135 Å². The van der Waals surface area contributed by atoms with Crippen LogP contribution in [0, 0.1) is 0 Å². The fourth-order valence-electron chi connectivity index (χ4n) is 8.10. The van der Waals surface area contributed by atoms with Gasteiger partial charge in [-0.15, -0.1) is 0 Å². The van der Waals surface area contributed by atoms with Crippen molar-refractivity contribution in [3.05, 3.63) is 102 Å². The van der Waals surface area contributed by atoms with E-state index in [9.17, 15) is 35.1 Å². The molecule has 2 amide bonds. The Morgan fingerprint density at radius 3 is 1.87 bits per heavy atom. The number of benzene rings is 3. The van der Waals surface area contributed by atoms with Gasteiger partial charge in [-0.3, -0.25) is 19.4 Å². The number of aliphatic hydroxyl groups is 5. The molecular weight excluding hydrogens is 676 g/mol. The van der Waals surface area contributed by atoms with Gasteiger partial charge >= 0.3 is 0 Å². The topological polar surface area (TPSA) is 175 Å². The quantitative estimate of drug-likeness (QED) is 0.0949. The number of aliphatic hydroxyl groups excluding tert-OH is 5. The summed E-state index contributed by atoms with van der Waals surface area (Å²) >= 11 is 0. The van der Waals surface area contributed by atoms with Crippen LogP contribution in [0.25, 0.3) is 0 Å². The Bertz CT molecular complexity index is 1580. The number of unbranched alkanes of at least 4 members (excludes halogenated alkanes) is 1. The van der Waals surface area contributed by atoms with Crippen LogP contribution >= 0.6 is 0 Å². The molecule has 7 N–H and O–H groups in total. The van der Waals surface area contributed by atoms with Crippen LogP contribution in [0.1, 0.15) is 55.7 Å². The summed E-state index contributed by atoms with van der Waals surface area (Å²) < 4.78 is 6.56. The maximum atomic E-state index is 11.9. The molecule has 0 radical (unpaired) electrons. The van der Waals surface area contributed by atoms with Gasteiger partial charge in [0.25, 0.3) is 0 Å². The molecule has 9 atom stereocenters. The van der Waals surface area contributed by atoms with Crippen LogP contribution in [0.2, 0.25) is 0 Å². The summed E-state index contributed by atoms with van der Waals surface area (Å²) in [6, 6.07) is 25.7. The van der Waals surface area contributed by atoms with Crippen molar-refractivity contribution >= 4 is 11.8 Å². The van der Waals surface area contributed by atoms with Crippen molar-refractivity contribution in [2.24, 2.45) is 0 Å². The van der Waals surface area contributed by atoms with Crippen molar-refractivity contribution in [2.75, 3.05) is 39.4 Å². The average molecular weight is 733 g/mol. The molecule has 2 saturated heterocycles. The lowest BCUT2D eigenvalue weighted by atomic mass is 9.88. The fraction of sp³-hybridized carbons (Fsp3) is 0.512. The number of likely N-dealkylation sites (tertiary alicyclic amines) is 2. The van der Waals surface area contributed by atoms with Crippen molar-refractivity contribution in [3.8, 4) is 5.75 Å². The minimum atomic E-state index is -1.17. The van der Waals surface area contributed by atoms with Crippen LogP contribution in [0.3, 0.4) is 0 Å². The van der Waals surface area contributed by atoms with Crippen LogP contribution in [0.4, 0.5) is 0 Å². The molecule has 12 nitrogen and oxygen atoms in total. The number of ether oxygens (including phenoxy) is 1. The average Bonchev–Trinajstić information content (AvgIpc) is 3.55. The third kappa shape index (κ3) is 10.2. The first kappa shape index (κ1) is 40.3. The Morgan fingerprint density at radius 1 is 0.679 bits per heavy atom. The second kappa shape index (κ2) is 19.4. The molecular formula is C41H56N4O8. The lowest BCUT2D eigenvalue weighted by Gasteiger charge is -2.31. The highest BCUT2D eigenvalue weighted by molar-refractivity contribution is 5.73. The summed E-state index contributed by atoms with van der Waals surface area (Å²) in [7, 11) is 0. The second-order valence-electron chi connectivity index (χ2n) is 14.3. The van der Waals surface area contributed by atoms with Crippen molar-refractivity contribution in [3.63, 3.8) is 0 Å². The van der Waals surface area contributed by atoms with Gasteiger partial charge in [0.1, 0.15) is 18.0 Å². The smallest absolute Gasteiger partial charge is 0.216 e. The van der Waals surface area contributed by atoms with Crippen LogP contribution in [0.15, 0.2) is 84.9 Å². The Kier molecular flexibility index (Phi) is 14.8. The van der Waals surface area contributed by atoms with Gasteiger partial charge in [0.15, 0.2) is 0 Å². The van der Waals surface area contributed by atoms with E-state index in [1.54, 1.807) is 0 Å². The summed E-state index contributed by atoms with van der Waals surface area (Å²) in [5.74, 6) is -0.0675. The van der Waals surface area contributed by atoms with E-state index in [1.807, 2.05) is 77.7 Å². The number of hydrogen-bond donors (Lipinski definition) is 7. The first-order valence-corrected chi connectivity index (χ1v) is 18.7. The minimum absolute atomic E-state index is 0.131. The third-order valence-electron chi connectivity index (χ3n) is 10.8. The van der Waals surface area contributed by atoms with Crippen molar-refractivity contribution in [2.45, 2.75) is 94.0 Å². The standard InChI is InChI=1S/C41H56N4O8/c1-27(48)42-23-34-38(50)39(51)36(25-46)45(34)21-19-33(30-15-7-4-8-16-30)31-17-11-18-32(22-31)53-41-37(26-47)44(35(40(41)52)24-43-28(2)49)20-10-9-14-29-12-5-3-6-13-29/h3-8,11-13,15-18,22,33-41,46-47,50-52H,9-10,14,19-21,23-26H2,1-2H3,(H,42,48)(H,43,49). The highest BCUT2D eigenvalue weighted by Gasteiger charge is 2.49. The molecule has 53 heavy (non-hydrogen) atoms. The Labute approximate surface area is 312 Å². The van der Waals surface area contributed by atoms with Gasteiger partial charge in [-0.05, 0) is 61.1 Å². The first-order valence-electron chi connectivity index (χ1n) is 18.7. The molecule has 0 aliphatic carbocycles. The zero-order valence-electron chi connectivity index (χ0n) is 30.7. The molecule has 2 aliphatic rings. The van der Waals surface area contributed by atoms with Gasteiger partial charge in [-0.1, -0.05) is 72.8 Å². The molecule has 288 valence electrons. The number of rotatable bonds is 18. The molecule has 5 rings (SSSR count). The van der Waals surface area contributed by atoms with E-state index in [-0.39, 0.29) is 44.0 Å². The summed E-state index contributed by atoms with van der Waals surface area (Å²) in [6.45, 7) is 3.64. The fourth-order valence-corrected chi connectivity index (χ4v) is 8.10. The molecule has 3 aromatic carbocycles. The molecule has 12 heteroatoms. The Morgan fingerprint density at radius 2 is 1.25 bits per heavy atom. The van der Waals surface area contributed by atoms with Gasteiger partial charge in [-0.25, -0.2) is 0 Å². The molecule has 0 saturated carbocycles. The van der Waals surface area contributed by atoms with Crippen LogP contribution in [-0.2, 0) is 16.0 Å². The first-order chi connectivity index (χ1) is 25.6. The van der Waals surface area contributed by atoms with Gasteiger partial charge < -0.3 is 40.9 Å². The van der Waals surface area contributed by atoms with Crippen molar-refractivity contribution < 1.29 is 39.9 Å². The van der Waals surface area contributed by atoms with E-state index in [2.05, 4.69) is 27.7 Å². The van der Waals surface area contributed by atoms with Gasteiger partial charge in [0.2, 0.25) is 11.8 Å². The highest BCUT2D eigenvalue weighted by atomic mass is 16.5. The Balaban J connectivity index is 1.34. The number of carbonyl (C=O) groups excluding carboxylic acids is 2. The number of carbonyl (C=O) groups is 2. The van der Waals surface area contributed by atoms with E-state index in [0.717, 1.165) is 30.4 Å². The summed E-state index contributed by atoms with van der Waals surface area (Å²) in [4.78, 5) is 27.6. The third-order valence-corrected chi connectivity index (χ3v) is 10.8. The molecule has 0 aromatic heterocycles. The lowest BCUT2D eigenvalue weighted by molar-refractivity contribution is -0.120. The predicted octanol–water partition coefficient (Wildman–Crippen LogP) is 1.42. The summed E-state index contributed by atoms with van der Waals surface area (Å²) in [5, 5.41) is 59.7. The van der Waals surface area contributed by atoms with Crippen LogP contribution < -0.4 is 15.4 Å². The number of nitrogens with zero attached hydrogens (tertiary/aromatic N) is 2. The number of amides is 2. The highest BCUT2D eigenvalue weighted by Crippen LogP contribution is 2.35. The zero-order chi connectivity index (χ0) is 37.9. The Hall–Kier alpha value is -3.88. The molecule has 9 unspecified atom stereocenters. The van der Waals surface area contributed by atoms with Gasteiger partial charge in [0, 0.05) is 39.4 Å². The van der Waals surface area contributed by atoms with Gasteiger partial charge in [-0.2, -0.15) is 0 Å². The SMILES string of the molecule is CC(=O)NCC1C(O)C(O)C(CO)N1CCC(c1ccccc1)c1cccc(OC2C(O)C(CNC(C)=O)N(CCCCc3ccccc3)C2CO)c1. The van der Waals surface area contributed by atoms with Crippen molar-refractivity contribution in [1.82, 2.24) is 20.4 Å². The van der Waals surface area contributed by atoms with E-state index < -0.39 is 48.6 Å². The lowest BCUT2D eigenvalue weighted by Crippen LogP contribution is -2.47. The number of aryl methyl sites for hydroxylation is 1. The van der Waals surface area contributed by atoms with E-state index in [0.29, 0.717) is 25.3 Å². The predicted molar refractivity (Wildman–Crippen MR) is 201 cm³/mol. The van der Waals surface area contributed by atoms with E-state index in [1.165, 1.54) is 19.4 Å². The maximum Gasteiger partial charge on any atom is 0.216 e. The normalized spacial score (nSPS) is 26.7. The summed E-state index contributed by atoms with van der Waals surface area (Å²) in [5.41, 5.74) is 3.23. The van der Waals surface area contributed by atoms with Gasteiger partial charge in [0.05, 0.1) is 49.6 Å². The monoisotopic (exact) mass is 732 g/mol. The second-order valence-corrected chi connectivity index (χ2v) is 14.3. The number of nitrogens with one attached hydrogen (secondary N) is 2. The minimum Gasteiger partial charge on any atom is -0.486 e. The van der Waals surface area contributed by atoms with Crippen molar-refractivity contribution in [1.29, 1.82) is 0 Å². The molecule has 3 aromatic rings. The van der Waals surface area contributed by atoms with Crippen LogP contribution in [0.5, 0.6) is 5.75 Å². The molecule has 2 aliphatic heterocycles. The maximum absolute atomic E-state index is 11.9. The molecule has 0 bridgehead atoms. The van der Waals surface area contributed by atoms with E-state index in [4.69, 9.17) is 4.74 Å². The van der Waals surface area contributed by atoms with E-state index >= 15 is 0 Å². The summed E-state index contributed by atoms with van der Waals surface area (Å²) in [6.07, 6.45) is -0.802. The number of hydrogen-bond acceptors (Lipinski definition) is 10. The molecule has 2 heterocycles. The zero-order valence-corrected chi connectivity index (χ0v) is 30.7. The molecule has 2 fully saturated rings.